The lowest BCUT2D eigenvalue weighted by Crippen LogP contribution is -2.16. The Morgan fingerprint density at radius 3 is 2.68 bits per heavy atom. The van der Waals surface area contributed by atoms with E-state index < -0.39 is 0 Å². The number of nitrogens with zero attached hydrogens (tertiary/aromatic N) is 3. The van der Waals surface area contributed by atoms with Crippen molar-refractivity contribution in [1.29, 1.82) is 5.26 Å². The van der Waals surface area contributed by atoms with Crippen molar-refractivity contribution in [3.63, 3.8) is 0 Å². The number of nitriles is 1. The zero-order chi connectivity index (χ0) is 13.8. The molecule has 0 aliphatic heterocycles. The van der Waals surface area contributed by atoms with Gasteiger partial charge in [0, 0.05) is 17.8 Å². The Morgan fingerprint density at radius 1 is 1.21 bits per heavy atom. The zero-order valence-corrected chi connectivity index (χ0v) is 11.5. The van der Waals surface area contributed by atoms with E-state index in [0.29, 0.717) is 11.6 Å². The van der Waals surface area contributed by atoms with Crippen LogP contribution in [0.2, 0.25) is 0 Å². The minimum absolute atomic E-state index is 0.328. The standard InChI is InChI=1S/C16H17N3/c1-12(19(2)3)13-6-4-7-14(10-13)16-15(11-17)8-5-9-18-16/h4-10,12H,1-3H3/t12-/m0/s1. The van der Waals surface area contributed by atoms with E-state index in [1.807, 2.05) is 12.1 Å². The third-order valence-corrected chi connectivity index (χ3v) is 3.35. The van der Waals surface area contributed by atoms with Crippen LogP contribution in [0.1, 0.15) is 24.1 Å². The van der Waals surface area contributed by atoms with E-state index in [9.17, 15) is 0 Å². The lowest BCUT2D eigenvalue weighted by atomic mass is 10.0. The fourth-order valence-electron chi connectivity index (χ4n) is 1.97. The van der Waals surface area contributed by atoms with Crippen LogP contribution >= 0.6 is 0 Å². The largest absolute Gasteiger partial charge is 0.303 e. The van der Waals surface area contributed by atoms with Crippen LogP contribution in [0, 0.1) is 11.3 Å². The molecule has 0 aliphatic carbocycles. The first-order valence-corrected chi connectivity index (χ1v) is 6.25. The molecule has 1 heterocycles. The summed E-state index contributed by atoms with van der Waals surface area (Å²) < 4.78 is 0. The highest BCUT2D eigenvalue weighted by Gasteiger charge is 2.11. The molecule has 19 heavy (non-hydrogen) atoms. The quantitative estimate of drug-likeness (QED) is 0.840. The van der Waals surface area contributed by atoms with Gasteiger partial charge in [-0.05, 0) is 44.8 Å². The Hall–Kier alpha value is -2.18. The van der Waals surface area contributed by atoms with Crippen molar-refractivity contribution >= 4 is 0 Å². The predicted octanol–water partition coefficient (Wildman–Crippen LogP) is 3.24. The topological polar surface area (TPSA) is 39.9 Å². The maximum Gasteiger partial charge on any atom is 0.101 e. The second-order valence-electron chi connectivity index (χ2n) is 4.78. The SMILES string of the molecule is C[C@@H](c1cccc(-c2ncccc2C#N)c1)N(C)C. The van der Waals surface area contributed by atoms with Crippen LogP contribution < -0.4 is 0 Å². The maximum atomic E-state index is 9.15. The molecule has 2 rings (SSSR count). The number of aromatic nitrogens is 1. The Morgan fingerprint density at radius 2 is 2.00 bits per heavy atom. The van der Waals surface area contributed by atoms with Crippen molar-refractivity contribution in [3.8, 4) is 17.3 Å². The molecule has 0 radical (unpaired) electrons. The molecule has 0 spiro atoms. The van der Waals surface area contributed by atoms with E-state index >= 15 is 0 Å². The van der Waals surface area contributed by atoms with Gasteiger partial charge in [-0.3, -0.25) is 4.98 Å². The van der Waals surface area contributed by atoms with Crippen molar-refractivity contribution in [3.05, 3.63) is 53.7 Å². The van der Waals surface area contributed by atoms with Crippen molar-refractivity contribution in [1.82, 2.24) is 9.88 Å². The Labute approximate surface area is 114 Å². The van der Waals surface area contributed by atoms with Gasteiger partial charge in [0.1, 0.15) is 6.07 Å². The van der Waals surface area contributed by atoms with Gasteiger partial charge in [0.2, 0.25) is 0 Å². The summed E-state index contributed by atoms with van der Waals surface area (Å²) >= 11 is 0. The molecular weight excluding hydrogens is 234 g/mol. The second-order valence-corrected chi connectivity index (χ2v) is 4.78. The molecule has 96 valence electrons. The van der Waals surface area contributed by atoms with E-state index in [2.05, 4.69) is 49.1 Å². The van der Waals surface area contributed by atoms with Crippen molar-refractivity contribution in [2.75, 3.05) is 14.1 Å². The van der Waals surface area contributed by atoms with Crippen LogP contribution in [-0.2, 0) is 0 Å². The summed E-state index contributed by atoms with van der Waals surface area (Å²) in [6.45, 7) is 2.16. The third-order valence-electron chi connectivity index (χ3n) is 3.35. The highest BCUT2D eigenvalue weighted by atomic mass is 15.1. The number of pyridine rings is 1. The smallest absolute Gasteiger partial charge is 0.101 e. The highest BCUT2D eigenvalue weighted by Crippen LogP contribution is 2.25. The summed E-state index contributed by atoms with van der Waals surface area (Å²) in [5, 5.41) is 9.15. The molecule has 0 aliphatic rings. The van der Waals surface area contributed by atoms with Gasteiger partial charge in [-0.15, -0.1) is 0 Å². The fraction of sp³-hybridized carbons (Fsp3) is 0.250. The van der Waals surface area contributed by atoms with Crippen LogP contribution in [0.15, 0.2) is 42.6 Å². The molecule has 0 fully saturated rings. The predicted molar refractivity (Wildman–Crippen MR) is 76.5 cm³/mol. The fourth-order valence-corrected chi connectivity index (χ4v) is 1.97. The lowest BCUT2D eigenvalue weighted by molar-refractivity contribution is 0.321. The average molecular weight is 251 g/mol. The number of hydrogen-bond acceptors (Lipinski definition) is 3. The summed E-state index contributed by atoms with van der Waals surface area (Å²) in [6, 6.07) is 14.3. The Bertz CT molecular complexity index is 611. The van der Waals surface area contributed by atoms with Gasteiger partial charge in [0.25, 0.3) is 0 Å². The van der Waals surface area contributed by atoms with Crippen LogP contribution in [0.4, 0.5) is 0 Å². The first-order chi connectivity index (χ1) is 9.13. The van der Waals surface area contributed by atoms with Gasteiger partial charge in [-0.25, -0.2) is 0 Å². The van der Waals surface area contributed by atoms with Crippen LogP contribution in [0.25, 0.3) is 11.3 Å². The van der Waals surface area contributed by atoms with Crippen LogP contribution in [0.3, 0.4) is 0 Å². The molecule has 0 N–H and O–H groups in total. The minimum atomic E-state index is 0.328. The molecule has 1 aromatic heterocycles. The van der Waals surface area contributed by atoms with E-state index in [0.717, 1.165) is 11.3 Å². The first kappa shape index (κ1) is 13.3. The normalized spacial score (nSPS) is 12.2. The van der Waals surface area contributed by atoms with Gasteiger partial charge in [0.15, 0.2) is 0 Å². The van der Waals surface area contributed by atoms with Crippen molar-refractivity contribution in [2.24, 2.45) is 0 Å². The lowest BCUT2D eigenvalue weighted by Gasteiger charge is -2.20. The van der Waals surface area contributed by atoms with Gasteiger partial charge >= 0.3 is 0 Å². The number of hydrogen-bond donors (Lipinski definition) is 0. The van der Waals surface area contributed by atoms with Gasteiger partial charge in [-0.2, -0.15) is 5.26 Å². The molecule has 0 amide bonds. The van der Waals surface area contributed by atoms with Crippen LogP contribution in [0.5, 0.6) is 0 Å². The summed E-state index contributed by atoms with van der Waals surface area (Å²) in [4.78, 5) is 6.48. The van der Waals surface area contributed by atoms with Crippen molar-refractivity contribution < 1.29 is 0 Å². The first-order valence-electron chi connectivity index (χ1n) is 6.25. The molecular formula is C16H17N3. The second kappa shape index (κ2) is 5.64. The number of rotatable bonds is 3. The van der Waals surface area contributed by atoms with E-state index in [1.165, 1.54) is 5.56 Å². The van der Waals surface area contributed by atoms with Crippen LogP contribution in [-0.4, -0.2) is 24.0 Å². The summed E-state index contributed by atoms with van der Waals surface area (Å²) in [6.07, 6.45) is 1.72. The minimum Gasteiger partial charge on any atom is -0.303 e. The van der Waals surface area contributed by atoms with Gasteiger partial charge in [0.05, 0.1) is 11.3 Å². The molecule has 0 bridgehead atoms. The van der Waals surface area contributed by atoms with E-state index in [-0.39, 0.29) is 0 Å². The monoisotopic (exact) mass is 251 g/mol. The summed E-state index contributed by atoms with van der Waals surface area (Å²) in [5.74, 6) is 0. The van der Waals surface area contributed by atoms with E-state index in [4.69, 9.17) is 5.26 Å². The molecule has 0 unspecified atom stereocenters. The highest BCUT2D eigenvalue weighted by molar-refractivity contribution is 5.66. The molecule has 0 saturated carbocycles. The summed E-state index contributed by atoms with van der Waals surface area (Å²) in [5.41, 5.74) is 3.57. The molecule has 3 heteroatoms. The molecule has 2 aromatic rings. The van der Waals surface area contributed by atoms with Crippen molar-refractivity contribution in [2.45, 2.75) is 13.0 Å². The summed E-state index contributed by atoms with van der Waals surface area (Å²) in [7, 11) is 4.11. The number of benzene rings is 1. The Balaban J connectivity index is 2.47. The maximum absolute atomic E-state index is 9.15. The zero-order valence-electron chi connectivity index (χ0n) is 11.5. The molecule has 0 saturated heterocycles. The molecule has 3 nitrogen and oxygen atoms in total. The average Bonchev–Trinajstić information content (AvgIpc) is 2.46. The molecule has 1 aromatic carbocycles. The Kier molecular flexibility index (Phi) is 3.94. The third kappa shape index (κ3) is 2.81. The van der Waals surface area contributed by atoms with Gasteiger partial charge in [-0.1, -0.05) is 18.2 Å². The van der Waals surface area contributed by atoms with Gasteiger partial charge < -0.3 is 4.90 Å². The molecule has 1 atom stereocenters. The van der Waals surface area contributed by atoms with E-state index in [1.54, 1.807) is 18.3 Å².